The molecule has 0 radical (unpaired) electrons. The molecular weight excluding hydrogens is 230 g/mol. The van der Waals surface area contributed by atoms with E-state index in [2.05, 4.69) is 0 Å². The molecule has 1 rings (SSSR count). The Balaban J connectivity index is 3.40. The van der Waals surface area contributed by atoms with Crippen LogP contribution >= 0.6 is 23.2 Å². The number of hydrogen-bond donors (Lipinski definition) is 3. The first-order valence-electron chi connectivity index (χ1n) is 3.52. The molecule has 0 unspecified atom stereocenters. The summed E-state index contributed by atoms with van der Waals surface area (Å²) in [7, 11) is -1.85. The van der Waals surface area contributed by atoms with Crippen LogP contribution in [0.15, 0.2) is 12.1 Å². The van der Waals surface area contributed by atoms with Crippen LogP contribution in [0.25, 0.3) is 0 Å². The zero-order chi connectivity index (χ0) is 10.9. The van der Waals surface area contributed by atoms with Crippen LogP contribution in [0.5, 0.6) is 0 Å². The van der Waals surface area contributed by atoms with Crippen molar-refractivity contribution in [2.75, 3.05) is 0 Å². The van der Waals surface area contributed by atoms with Crippen molar-refractivity contribution in [1.29, 1.82) is 0 Å². The summed E-state index contributed by atoms with van der Waals surface area (Å²) < 4.78 is 0. The maximum Gasteiger partial charge on any atom is 0.490 e. The minimum atomic E-state index is -1.85. The van der Waals surface area contributed by atoms with Crippen molar-refractivity contribution in [1.82, 2.24) is 0 Å². The highest BCUT2D eigenvalue weighted by molar-refractivity contribution is 6.63. The maximum atomic E-state index is 10.6. The van der Waals surface area contributed by atoms with Gasteiger partial charge in [0.25, 0.3) is 0 Å². The molecule has 0 heterocycles. The molecule has 14 heavy (non-hydrogen) atoms. The third kappa shape index (κ3) is 2.19. The normalized spacial score (nSPS) is 10.0. The number of halogens is 2. The summed E-state index contributed by atoms with van der Waals surface area (Å²) in [6.07, 6.45) is 0. The largest absolute Gasteiger partial charge is 0.490 e. The van der Waals surface area contributed by atoms with Crippen LogP contribution in [0, 0.1) is 0 Å². The van der Waals surface area contributed by atoms with Crippen molar-refractivity contribution in [2.24, 2.45) is 0 Å². The van der Waals surface area contributed by atoms with Gasteiger partial charge in [0.1, 0.15) is 0 Å². The quantitative estimate of drug-likeness (QED) is 0.647. The monoisotopic (exact) mass is 234 g/mol. The van der Waals surface area contributed by atoms with Gasteiger partial charge in [0.15, 0.2) is 0 Å². The summed E-state index contributed by atoms with van der Waals surface area (Å²) in [6.45, 7) is 0. The number of carboxylic acid groups (broad SMARTS) is 1. The molecule has 0 aliphatic carbocycles. The summed E-state index contributed by atoms with van der Waals surface area (Å²) in [5, 5.41) is 26.3. The first kappa shape index (κ1) is 11.3. The van der Waals surface area contributed by atoms with E-state index < -0.39 is 13.1 Å². The molecule has 1 aromatic carbocycles. The zero-order valence-corrected chi connectivity index (χ0v) is 8.25. The third-order valence-corrected chi connectivity index (χ3v) is 2.21. The molecule has 0 bridgehead atoms. The fourth-order valence-corrected chi connectivity index (χ4v) is 1.47. The van der Waals surface area contributed by atoms with E-state index in [-0.39, 0.29) is 21.1 Å². The lowest BCUT2D eigenvalue weighted by atomic mass is 9.79. The van der Waals surface area contributed by atoms with E-state index >= 15 is 0 Å². The van der Waals surface area contributed by atoms with E-state index in [9.17, 15) is 4.79 Å². The van der Waals surface area contributed by atoms with Crippen LogP contribution in [0.3, 0.4) is 0 Å². The van der Waals surface area contributed by atoms with Gasteiger partial charge < -0.3 is 15.2 Å². The standard InChI is InChI=1S/C7H5BCl2O4/c9-3-1-4(7(11)12)6(10)5(2-3)8(13)14/h1-2,13-14H,(H,11,12). The molecule has 0 amide bonds. The fourth-order valence-electron chi connectivity index (χ4n) is 0.954. The fraction of sp³-hybridized carbons (Fsp3) is 0. The van der Waals surface area contributed by atoms with Crippen LogP contribution in [-0.2, 0) is 0 Å². The third-order valence-electron chi connectivity index (χ3n) is 1.57. The molecule has 0 aromatic heterocycles. The van der Waals surface area contributed by atoms with Gasteiger partial charge in [-0.2, -0.15) is 0 Å². The zero-order valence-electron chi connectivity index (χ0n) is 6.74. The number of rotatable bonds is 2. The number of benzene rings is 1. The smallest absolute Gasteiger partial charge is 0.478 e. The molecule has 1 aromatic rings. The first-order chi connectivity index (χ1) is 6.43. The average Bonchev–Trinajstić information content (AvgIpc) is 2.07. The molecule has 0 saturated carbocycles. The van der Waals surface area contributed by atoms with E-state index in [1.165, 1.54) is 6.07 Å². The van der Waals surface area contributed by atoms with Crippen molar-refractivity contribution in [3.63, 3.8) is 0 Å². The van der Waals surface area contributed by atoms with Crippen molar-refractivity contribution in [3.05, 3.63) is 27.7 Å². The summed E-state index contributed by atoms with van der Waals surface area (Å²) in [5.74, 6) is -1.28. The van der Waals surface area contributed by atoms with Gasteiger partial charge in [-0.3, -0.25) is 0 Å². The molecule has 4 nitrogen and oxygen atoms in total. The van der Waals surface area contributed by atoms with E-state index in [1.807, 2.05) is 0 Å². The minimum absolute atomic E-state index is 0.0786. The first-order valence-corrected chi connectivity index (χ1v) is 4.27. The van der Waals surface area contributed by atoms with E-state index in [1.54, 1.807) is 0 Å². The molecule has 3 N–H and O–H groups in total. The van der Waals surface area contributed by atoms with Crippen molar-refractivity contribution >= 4 is 41.8 Å². The van der Waals surface area contributed by atoms with Gasteiger partial charge in [0.05, 0.1) is 10.6 Å². The number of carboxylic acids is 1. The predicted molar refractivity (Wildman–Crippen MR) is 53.2 cm³/mol. The highest BCUT2D eigenvalue weighted by Crippen LogP contribution is 2.19. The van der Waals surface area contributed by atoms with E-state index in [0.29, 0.717) is 0 Å². The maximum absolute atomic E-state index is 10.6. The average molecular weight is 235 g/mol. The Bertz CT molecular complexity index is 380. The summed E-state index contributed by atoms with van der Waals surface area (Å²) >= 11 is 11.2. The molecule has 7 heteroatoms. The molecule has 74 valence electrons. The number of carbonyl (C=O) groups is 1. The van der Waals surface area contributed by atoms with E-state index in [0.717, 1.165) is 6.07 Å². The van der Waals surface area contributed by atoms with Gasteiger partial charge in [0, 0.05) is 10.5 Å². The Hall–Kier alpha value is -0.745. The van der Waals surface area contributed by atoms with Crippen molar-refractivity contribution < 1.29 is 19.9 Å². The molecule has 0 aliphatic heterocycles. The molecular formula is C7H5BCl2O4. The Morgan fingerprint density at radius 1 is 1.29 bits per heavy atom. The second-order valence-corrected chi connectivity index (χ2v) is 3.35. The van der Waals surface area contributed by atoms with Crippen LogP contribution in [0.4, 0.5) is 0 Å². The highest BCUT2D eigenvalue weighted by Gasteiger charge is 2.21. The summed E-state index contributed by atoms with van der Waals surface area (Å²) in [5.41, 5.74) is -0.390. The molecule has 0 atom stereocenters. The van der Waals surface area contributed by atoms with Gasteiger partial charge >= 0.3 is 13.1 Å². The van der Waals surface area contributed by atoms with Crippen LogP contribution < -0.4 is 5.46 Å². The van der Waals surface area contributed by atoms with Gasteiger partial charge in [-0.1, -0.05) is 23.2 Å². The lowest BCUT2D eigenvalue weighted by Gasteiger charge is -2.06. The molecule has 0 fully saturated rings. The lowest BCUT2D eigenvalue weighted by Crippen LogP contribution is -2.32. The predicted octanol–water partition coefficient (Wildman–Crippen LogP) is 0.371. The second kappa shape index (κ2) is 4.19. The second-order valence-electron chi connectivity index (χ2n) is 2.54. The van der Waals surface area contributed by atoms with Gasteiger partial charge in [-0.25, -0.2) is 4.79 Å². The van der Waals surface area contributed by atoms with Gasteiger partial charge in [-0.05, 0) is 12.1 Å². The van der Waals surface area contributed by atoms with Gasteiger partial charge in [0.2, 0.25) is 0 Å². The highest BCUT2D eigenvalue weighted by atomic mass is 35.5. The van der Waals surface area contributed by atoms with E-state index in [4.69, 9.17) is 38.4 Å². The molecule has 0 saturated heterocycles. The van der Waals surface area contributed by atoms with Crippen LogP contribution in [0.2, 0.25) is 10.0 Å². The van der Waals surface area contributed by atoms with Gasteiger partial charge in [-0.15, -0.1) is 0 Å². The topological polar surface area (TPSA) is 77.8 Å². The number of hydrogen-bond acceptors (Lipinski definition) is 3. The van der Waals surface area contributed by atoms with Crippen LogP contribution in [-0.4, -0.2) is 28.2 Å². The van der Waals surface area contributed by atoms with Crippen LogP contribution in [0.1, 0.15) is 10.4 Å². The van der Waals surface area contributed by atoms with Crippen molar-refractivity contribution in [2.45, 2.75) is 0 Å². The SMILES string of the molecule is O=C(O)c1cc(Cl)cc(B(O)O)c1Cl. The van der Waals surface area contributed by atoms with Crippen molar-refractivity contribution in [3.8, 4) is 0 Å². The minimum Gasteiger partial charge on any atom is -0.478 e. The molecule has 0 aliphatic rings. The summed E-state index contributed by atoms with van der Waals surface area (Å²) in [4.78, 5) is 10.6. The Kier molecular flexibility index (Phi) is 3.39. The molecule has 0 spiro atoms. The lowest BCUT2D eigenvalue weighted by molar-refractivity contribution is 0.0697. The summed E-state index contributed by atoms with van der Waals surface area (Å²) in [6, 6.07) is 2.33. The Morgan fingerprint density at radius 3 is 2.29 bits per heavy atom. The number of aromatic carboxylic acids is 1. The Morgan fingerprint density at radius 2 is 1.86 bits per heavy atom. The Labute approximate surface area is 89.8 Å².